The van der Waals surface area contributed by atoms with Gasteiger partial charge < -0.3 is 9.88 Å². The van der Waals surface area contributed by atoms with Crippen LogP contribution >= 0.6 is 0 Å². The van der Waals surface area contributed by atoms with Gasteiger partial charge in [-0.15, -0.1) is 0 Å². The van der Waals surface area contributed by atoms with Gasteiger partial charge in [-0.1, -0.05) is 13.0 Å². The minimum absolute atomic E-state index is 0.0810. The van der Waals surface area contributed by atoms with Gasteiger partial charge in [-0.05, 0) is 24.6 Å². The van der Waals surface area contributed by atoms with Crippen LogP contribution in [0.2, 0.25) is 0 Å². The van der Waals surface area contributed by atoms with Crippen molar-refractivity contribution in [3.8, 4) is 0 Å². The highest BCUT2D eigenvalue weighted by Crippen LogP contribution is 2.06. The number of pyridine rings is 2. The van der Waals surface area contributed by atoms with E-state index in [-0.39, 0.29) is 5.56 Å². The number of nitrogens with zero attached hydrogens (tertiary/aromatic N) is 2. The summed E-state index contributed by atoms with van der Waals surface area (Å²) in [5, 5.41) is 5.27. The van der Waals surface area contributed by atoms with E-state index in [2.05, 4.69) is 15.6 Å². The van der Waals surface area contributed by atoms with E-state index in [9.17, 15) is 9.59 Å². The van der Waals surface area contributed by atoms with Crippen molar-refractivity contribution in [2.24, 2.45) is 0 Å². The first-order chi connectivity index (χ1) is 9.69. The minimum atomic E-state index is -0.398. The third kappa shape index (κ3) is 3.68. The number of carbonyl (C=O) groups excluding carboxylic acids is 1. The van der Waals surface area contributed by atoms with Gasteiger partial charge in [0.1, 0.15) is 5.82 Å². The maximum atomic E-state index is 11.8. The van der Waals surface area contributed by atoms with Crippen LogP contribution in [-0.4, -0.2) is 15.6 Å². The topological polar surface area (TPSA) is 76.0 Å². The van der Waals surface area contributed by atoms with Gasteiger partial charge in [0.15, 0.2) is 0 Å². The van der Waals surface area contributed by atoms with E-state index in [0.29, 0.717) is 18.1 Å². The van der Waals surface area contributed by atoms with Crippen LogP contribution in [0, 0.1) is 0 Å². The first-order valence-corrected chi connectivity index (χ1v) is 6.38. The van der Waals surface area contributed by atoms with Crippen LogP contribution in [0.25, 0.3) is 0 Å². The van der Waals surface area contributed by atoms with E-state index in [4.69, 9.17) is 0 Å². The molecule has 2 aromatic heterocycles. The molecule has 2 N–H and O–H groups in total. The van der Waals surface area contributed by atoms with Crippen LogP contribution in [0.3, 0.4) is 0 Å². The molecule has 0 fully saturated rings. The summed E-state index contributed by atoms with van der Waals surface area (Å²) in [6, 6.07) is 7.86. The van der Waals surface area contributed by atoms with Crippen molar-refractivity contribution in [2.45, 2.75) is 19.9 Å². The first kappa shape index (κ1) is 13.8. The summed E-state index contributed by atoms with van der Waals surface area (Å²) >= 11 is 0. The SMILES string of the molecule is CCCn1cc(NC(=O)Nc2ccccn2)ccc1=O. The van der Waals surface area contributed by atoms with Gasteiger partial charge in [0, 0.05) is 25.0 Å². The van der Waals surface area contributed by atoms with Gasteiger partial charge in [-0.3, -0.25) is 10.1 Å². The molecule has 0 aliphatic rings. The molecule has 2 rings (SSSR count). The molecule has 2 aromatic rings. The molecule has 0 unspecified atom stereocenters. The summed E-state index contributed by atoms with van der Waals surface area (Å²) in [4.78, 5) is 27.3. The van der Waals surface area contributed by atoms with Crippen LogP contribution in [0.4, 0.5) is 16.3 Å². The number of amides is 2. The summed E-state index contributed by atoms with van der Waals surface area (Å²) in [5.74, 6) is 0.465. The Morgan fingerprint density at radius 3 is 2.80 bits per heavy atom. The maximum Gasteiger partial charge on any atom is 0.324 e. The normalized spacial score (nSPS) is 10.1. The third-order valence-electron chi connectivity index (χ3n) is 2.61. The Morgan fingerprint density at radius 2 is 2.10 bits per heavy atom. The molecule has 0 spiro atoms. The van der Waals surface area contributed by atoms with E-state index >= 15 is 0 Å². The van der Waals surface area contributed by atoms with Crippen molar-refractivity contribution < 1.29 is 4.79 Å². The standard InChI is InChI=1S/C14H16N4O2/c1-2-9-18-10-11(6-7-13(18)19)16-14(20)17-12-5-3-4-8-15-12/h3-8,10H,2,9H2,1H3,(H2,15,16,17,20). The molecular formula is C14H16N4O2. The second-order valence-corrected chi connectivity index (χ2v) is 4.24. The number of hydrogen-bond acceptors (Lipinski definition) is 3. The Balaban J connectivity index is 2.04. The number of urea groups is 1. The molecule has 0 atom stereocenters. The zero-order chi connectivity index (χ0) is 14.4. The second kappa shape index (κ2) is 6.51. The Hall–Kier alpha value is -2.63. The molecule has 6 nitrogen and oxygen atoms in total. The van der Waals surface area contributed by atoms with Crippen LogP contribution in [0.1, 0.15) is 13.3 Å². The highest BCUT2D eigenvalue weighted by atomic mass is 16.2. The van der Waals surface area contributed by atoms with Gasteiger partial charge >= 0.3 is 6.03 Å². The monoisotopic (exact) mass is 272 g/mol. The predicted octanol–water partition coefficient (Wildman–Crippen LogP) is 2.30. The van der Waals surface area contributed by atoms with E-state index in [1.165, 1.54) is 6.07 Å². The lowest BCUT2D eigenvalue weighted by Gasteiger charge is -2.09. The fourth-order valence-corrected chi connectivity index (χ4v) is 1.74. The highest BCUT2D eigenvalue weighted by molar-refractivity contribution is 5.98. The fraction of sp³-hybridized carbons (Fsp3) is 0.214. The zero-order valence-electron chi connectivity index (χ0n) is 11.2. The lowest BCUT2D eigenvalue weighted by Crippen LogP contribution is -2.23. The molecule has 20 heavy (non-hydrogen) atoms. The van der Waals surface area contributed by atoms with Crippen molar-refractivity contribution in [3.05, 3.63) is 53.1 Å². The average molecular weight is 272 g/mol. The second-order valence-electron chi connectivity index (χ2n) is 4.24. The molecule has 0 saturated heterocycles. The summed E-state index contributed by atoms with van der Waals surface area (Å²) in [7, 11) is 0. The first-order valence-electron chi connectivity index (χ1n) is 6.38. The molecule has 2 heterocycles. The summed E-state index contributed by atoms with van der Waals surface area (Å²) in [6.07, 6.45) is 4.07. The molecule has 0 aliphatic heterocycles. The maximum absolute atomic E-state index is 11.8. The van der Waals surface area contributed by atoms with Crippen molar-refractivity contribution in [3.63, 3.8) is 0 Å². The Kier molecular flexibility index (Phi) is 4.49. The average Bonchev–Trinajstić information content (AvgIpc) is 2.44. The molecule has 2 amide bonds. The van der Waals surface area contributed by atoms with E-state index < -0.39 is 6.03 Å². The molecule has 6 heteroatoms. The number of aryl methyl sites for hydroxylation is 1. The quantitative estimate of drug-likeness (QED) is 0.896. The van der Waals surface area contributed by atoms with Crippen LogP contribution in [0.15, 0.2) is 47.5 Å². The molecule has 0 aliphatic carbocycles. The zero-order valence-corrected chi connectivity index (χ0v) is 11.2. The number of anilines is 2. The lowest BCUT2D eigenvalue weighted by molar-refractivity contribution is 0.262. The third-order valence-corrected chi connectivity index (χ3v) is 2.61. The Bertz CT molecular complexity index is 637. The summed E-state index contributed by atoms with van der Waals surface area (Å²) < 4.78 is 1.57. The van der Waals surface area contributed by atoms with Gasteiger partial charge in [0.25, 0.3) is 5.56 Å². The van der Waals surface area contributed by atoms with E-state index in [1.54, 1.807) is 41.2 Å². The highest BCUT2D eigenvalue weighted by Gasteiger charge is 2.04. The lowest BCUT2D eigenvalue weighted by atomic mass is 10.4. The van der Waals surface area contributed by atoms with Crippen molar-refractivity contribution in [1.82, 2.24) is 9.55 Å². The van der Waals surface area contributed by atoms with E-state index in [0.717, 1.165) is 6.42 Å². The Morgan fingerprint density at radius 1 is 1.25 bits per heavy atom. The number of carbonyl (C=O) groups is 1. The summed E-state index contributed by atoms with van der Waals surface area (Å²) in [5.41, 5.74) is 0.481. The predicted molar refractivity (Wildman–Crippen MR) is 77.9 cm³/mol. The molecule has 104 valence electrons. The van der Waals surface area contributed by atoms with Gasteiger partial charge in [0.05, 0.1) is 5.69 Å². The molecule has 0 bridgehead atoms. The van der Waals surface area contributed by atoms with Gasteiger partial charge in [-0.2, -0.15) is 0 Å². The Labute approximate surface area is 116 Å². The van der Waals surface area contributed by atoms with Gasteiger partial charge in [-0.25, -0.2) is 9.78 Å². The number of aromatic nitrogens is 2. The molecule has 0 aromatic carbocycles. The van der Waals surface area contributed by atoms with Crippen molar-refractivity contribution in [1.29, 1.82) is 0 Å². The molecular weight excluding hydrogens is 256 g/mol. The number of hydrogen-bond donors (Lipinski definition) is 2. The molecule has 0 radical (unpaired) electrons. The summed E-state index contributed by atoms with van der Waals surface area (Å²) in [6.45, 7) is 2.61. The van der Waals surface area contributed by atoms with E-state index in [1.807, 2.05) is 6.92 Å². The number of nitrogens with one attached hydrogen (secondary N) is 2. The van der Waals surface area contributed by atoms with Crippen LogP contribution in [-0.2, 0) is 6.54 Å². The minimum Gasteiger partial charge on any atom is -0.313 e. The van der Waals surface area contributed by atoms with Crippen molar-refractivity contribution >= 4 is 17.5 Å². The molecule has 0 saturated carbocycles. The van der Waals surface area contributed by atoms with Gasteiger partial charge in [0.2, 0.25) is 0 Å². The smallest absolute Gasteiger partial charge is 0.313 e. The van der Waals surface area contributed by atoms with Crippen LogP contribution in [0.5, 0.6) is 0 Å². The van der Waals surface area contributed by atoms with Crippen LogP contribution < -0.4 is 16.2 Å². The van der Waals surface area contributed by atoms with Crippen molar-refractivity contribution in [2.75, 3.05) is 10.6 Å². The largest absolute Gasteiger partial charge is 0.324 e. The number of rotatable bonds is 4. The fourth-order valence-electron chi connectivity index (χ4n) is 1.74.